The SMILES string of the molecule is Cc1nc(-c2ccccc2)sc1C(=O)NNC(=S)N[C@H]1CCCC[C@@H]1C. The van der Waals surface area contributed by atoms with Crippen LogP contribution in [-0.2, 0) is 0 Å². The Morgan fingerprint density at radius 3 is 2.65 bits per heavy atom. The number of nitrogens with zero attached hydrogens (tertiary/aromatic N) is 1. The zero-order valence-corrected chi connectivity index (χ0v) is 16.7. The van der Waals surface area contributed by atoms with E-state index >= 15 is 0 Å². The molecule has 138 valence electrons. The lowest BCUT2D eigenvalue weighted by molar-refractivity contribution is 0.0946. The highest BCUT2D eigenvalue weighted by Gasteiger charge is 2.22. The Hall–Kier alpha value is -1.99. The summed E-state index contributed by atoms with van der Waals surface area (Å²) in [6, 6.07) is 10.2. The molecular weight excluding hydrogens is 364 g/mol. The van der Waals surface area contributed by atoms with Crippen molar-refractivity contribution in [1.29, 1.82) is 0 Å². The van der Waals surface area contributed by atoms with Gasteiger partial charge in [-0.3, -0.25) is 15.6 Å². The van der Waals surface area contributed by atoms with Crippen LogP contribution >= 0.6 is 23.6 Å². The summed E-state index contributed by atoms with van der Waals surface area (Å²) < 4.78 is 0. The van der Waals surface area contributed by atoms with E-state index in [2.05, 4.69) is 28.1 Å². The first kappa shape index (κ1) is 18.8. The lowest BCUT2D eigenvalue weighted by Crippen LogP contribution is -2.51. The van der Waals surface area contributed by atoms with Crippen LogP contribution < -0.4 is 16.2 Å². The molecule has 1 heterocycles. The largest absolute Gasteiger partial charge is 0.358 e. The van der Waals surface area contributed by atoms with Crippen LogP contribution in [0.5, 0.6) is 0 Å². The van der Waals surface area contributed by atoms with Gasteiger partial charge in [-0.1, -0.05) is 50.1 Å². The molecule has 2 aromatic rings. The molecule has 1 saturated carbocycles. The average Bonchev–Trinajstić information content (AvgIpc) is 3.04. The van der Waals surface area contributed by atoms with E-state index < -0.39 is 0 Å². The van der Waals surface area contributed by atoms with E-state index in [-0.39, 0.29) is 5.91 Å². The molecule has 0 bridgehead atoms. The Balaban J connectivity index is 1.56. The number of thiocarbonyl (C=S) groups is 1. The highest BCUT2D eigenvalue weighted by Crippen LogP contribution is 2.27. The summed E-state index contributed by atoms with van der Waals surface area (Å²) in [6.07, 6.45) is 4.84. The molecule has 5 nitrogen and oxygen atoms in total. The summed E-state index contributed by atoms with van der Waals surface area (Å²) in [5, 5.41) is 4.61. The topological polar surface area (TPSA) is 66.0 Å². The smallest absolute Gasteiger partial charge is 0.281 e. The first-order valence-electron chi connectivity index (χ1n) is 8.94. The molecule has 0 unspecified atom stereocenters. The highest BCUT2D eigenvalue weighted by molar-refractivity contribution is 7.80. The van der Waals surface area contributed by atoms with Crippen LogP contribution in [0.1, 0.15) is 48.0 Å². The number of hydrogen-bond acceptors (Lipinski definition) is 4. The maximum absolute atomic E-state index is 12.5. The number of nitrogens with one attached hydrogen (secondary N) is 3. The fourth-order valence-corrected chi connectivity index (χ4v) is 4.39. The molecular formula is C19H24N4OS2. The molecule has 2 atom stereocenters. The van der Waals surface area contributed by atoms with Crippen molar-refractivity contribution >= 4 is 34.6 Å². The third kappa shape index (κ3) is 4.59. The zero-order valence-electron chi connectivity index (χ0n) is 15.0. The lowest BCUT2D eigenvalue weighted by atomic mass is 9.86. The summed E-state index contributed by atoms with van der Waals surface area (Å²) in [7, 11) is 0. The van der Waals surface area contributed by atoms with E-state index in [0.29, 0.717) is 27.6 Å². The molecule has 0 aliphatic heterocycles. The summed E-state index contributed by atoms with van der Waals surface area (Å²) >= 11 is 6.70. The molecule has 0 radical (unpaired) electrons. The minimum atomic E-state index is -0.219. The fraction of sp³-hybridized carbons (Fsp3) is 0.421. The van der Waals surface area contributed by atoms with Crippen molar-refractivity contribution in [2.45, 2.75) is 45.6 Å². The number of hydrogen-bond donors (Lipinski definition) is 3. The van der Waals surface area contributed by atoms with Gasteiger partial charge in [0, 0.05) is 11.6 Å². The van der Waals surface area contributed by atoms with Crippen LogP contribution in [-0.4, -0.2) is 22.0 Å². The van der Waals surface area contributed by atoms with Crippen molar-refractivity contribution in [1.82, 2.24) is 21.2 Å². The van der Waals surface area contributed by atoms with Gasteiger partial charge in [0.25, 0.3) is 5.91 Å². The Morgan fingerprint density at radius 2 is 1.92 bits per heavy atom. The first-order valence-corrected chi connectivity index (χ1v) is 10.2. The Bertz CT molecular complexity index is 775. The molecule has 1 aromatic heterocycles. The number of benzene rings is 1. The second-order valence-electron chi connectivity index (χ2n) is 6.72. The third-order valence-corrected chi connectivity index (χ3v) is 6.17. The molecule has 0 spiro atoms. The van der Waals surface area contributed by atoms with Gasteiger partial charge in [-0.25, -0.2) is 4.98 Å². The number of amides is 1. The second-order valence-corrected chi connectivity index (χ2v) is 8.13. The number of aryl methyl sites for hydroxylation is 1. The van der Waals surface area contributed by atoms with Crippen molar-refractivity contribution in [3.63, 3.8) is 0 Å². The molecule has 1 aromatic carbocycles. The zero-order chi connectivity index (χ0) is 18.5. The maximum Gasteiger partial charge on any atom is 0.281 e. The van der Waals surface area contributed by atoms with Crippen molar-refractivity contribution in [2.24, 2.45) is 5.92 Å². The predicted molar refractivity (Wildman–Crippen MR) is 110 cm³/mol. The van der Waals surface area contributed by atoms with Crippen LogP contribution in [0.3, 0.4) is 0 Å². The minimum absolute atomic E-state index is 0.219. The van der Waals surface area contributed by atoms with Crippen molar-refractivity contribution < 1.29 is 4.79 Å². The van der Waals surface area contributed by atoms with Gasteiger partial charge < -0.3 is 5.32 Å². The highest BCUT2D eigenvalue weighted by atomic mass is 32.1. The monoisotopic (exact) mass is 388 g/mol. The molecule has 0 saturated heterocycles. The number of carbonyl (C=O) groups is 1. The van der Waals surface area contributed by atoms with Gasteiger partial charge in [-0.15, -0.1) is 11.3 Å². The maximum atomic E-state index is 12.5. The van der Waals surface area contributed by atoms with E-state index in [4.69, 9.17) is 12.2 Å². The van der Waals surface area contributed by atoms with Crippen LogP contribution in [0.25, 0.3) is 10.6 Å². The minimum Gasteiger partial charge on any atom is -0.358 e. The quantitative estimate of drug-likeness (QED) is 0.551. The lowest BCUT2D eigenvalue weighted by Gasteiger charge is -2.30. The number of aromatic nitrogens is 1. The summed E-state index contributed by atoms with van der Waals surface area (Å²) in [4.78, 5) is 17.6. The molecule has 1 aliphatic carbocycles. The van der Waals surface area contributed by atoms with Gasteiger partial charge >= 0.3 is 0 Å². The van der Waals surface area contributed by atoms with Crippen molar-refractivity contribution in [3.05, 3.63) is 40.9 Å². The van der Waals surface area contributed by atoms with Crippen LogP contribution in [0.4, 0.5) is 0 Å². The van der Waals surface area contributed by atoms with Crippen LogP contribution in [0, 0.1) is 12.8 Å². The normalized spacial score (nSPS) is 19.6. The molecule has 7 heteroatoms. The second kappa shape index (κ2) is 8.60. The molecule has 1 amide bonds. The molecule has 3 N–H and O–H groups in total. The molecule has 1 fully saturated rings. The van der Waals surface area contributed by atoms with Gasteiger partial charge in [0.2, 0.25) is 0 Å². The van der Waals surface area contributed by atoms with Gasteiger partial charge in [0.15, 0.2) is 5.11 Å². The van der Waals surface area contributed by atoms with Gasteiger partial charge in [0.1, 0.15) is 9.88 Å². The van der Waals surface area contributed by atoms with Crippen molar-refractivity contribution in [2.75, 3.05) is 0 Å². The Morgan fingerprint density at radius 1 is 1.19 bits per heavy atom. The summed E-state index contributed by atoms with van der Waals surface area (Å²) in [5.41, 5.74) is 7.24. The standard InChI is InChI=1S/C19H24N4OS2/c1-12-8-6-7-11-15(12)21-19(25)23-22-17(24)16-13(2)20-18(26-16)14-9-4-3-5-10-14/h3-5,9-10,12,15H,6-8,11H2,1-2H3,(H,22,24)(H2,21,23,25)/t12-,15-/m0/s1. The van der Waals surface area contributed by atoms with E-state index in [9.17, 15) is 4.79 Å². The predicted octanol–water partition coefficient (Wildman–Crippen LogP) is 3.81. The van der Waals surface area contributed by atoms with E-state index in [1.54, 1.807) is 0 Å². The van der Waals surface area contributed by atoms with Gasteiger partial charge in [0.05, 0.1) is 5.69 Å². The van der Waals surface area contributed by atoms with Gasteiger partial charge in [-0.2, -0.15) is 0 Å². The molecule has 1 aliphatic rings. The molecule has 26 heavy (non-hydrogen) atoms. The van der Waals surface area contributed by atoms with Crippen molar-refractivity contribution in [3.8, 4) is 10.6 Å². The fourth-order valence-electron chi connectivity index (χ4n) is 3.22. The number of thiazole rings is 1. The number of hydrazine groups is 1. The Labute approximate surface area is 163 Å². The molecule has 3 rings (SSSR count). The first-order chi connectivity index (χ1) is 12.5. The van der Waals surface area contributed by atoms with E-state index in [1.165, 1.54) is 30.6 Å². The Kier molecular flexibility index (Phi) is 6.21. The number of carbonyl (C=O) groups excluding carboxylic acids is 1. The number of rotatable bonds is 3. The van der Waals surface area contributed by atoms with E-state index in [1.807, 2.05) is 37.3 Å². The van der Waals surface area contributed by atoms with Gasteiger partial charge in [-0.05, 0) is 37.9 Å². The average molecular weight is 389 g/mol. The summed E-state index contributed by atoms with van der Waals surface area (Å²) in [6.45, 7) is 4.09. The third-order valence-electron chi connectivity index (χ3n) is 4.74. The van der Waals surface area contributed by atoms with Crippen LogP contribution in [0.2, 0.25) is 0 Å². The summed E-state index contributed by atoms with van der Waals surface area (Å²) in [5.74, 6) is 0.374. The van der Waals surface area contributed by atoms with E-state index in [0.717, 1.165) is 17.0 Å². The van der Waals surface area contributed by atoms with Crippen LogP contribution in [0.15, 0.2) is 30.3 Å².